The molecular formula is C19H22N2O2. The summed E-state index contributed by atoms with van der Waals surface area (Å²) in [7, 11) is 0. The summed E-state index contributed by atoms with van der Waals surface area (Å²) < 4.78 is 5.45. The Bertz CT molecular complexity index is 636. The van der Waals surface area contributed by atoms with Gasteiger partial charge in [-0.05, 0) is 35.6 Å². The molecule has 0 fully saturated rings. The van der Waals surface area contributed by atoms with Crippen LogP contribution in [0.4, 0.5) is 0 Å². The minimum atomic E-state index is -0.289. The first-order valence-electron chi connectivity index (χ1n) is 7.78. The summed E-state index contributed by atoms with van der Waals surface area (Å²) in [5.41, 5.74) is 4.65. The van der Waals surface area contributed by atoms with Gasteiger partial charge in [0.15, 0.2) is 6.61 Å². The lowest BCUT2D eigenvalue weighted by molar-refractivity contribution is -0.123. The number of benzene rings is 2. The van der Waals surface area contributed by atoms with E-state index in [0.29, 0.717) is 11.7 Å². The van der Waals surface area contributed by atoms with Crippen LogP contribution in [0.2, 0.25) is 0 Å². The van der Waals surface area contributed by atoms with E-state index in [-0.39, 0.29) is 12.5 Å². The van der Waals surface area contributed by atoms with Crippen LogP contribution in [0, 0.1) is 0 Å². The molecule has 0 saturated heterocycles. The van der Waals surface area contributed by atoms with Crippen molar-refractivity contribution in [2.24, 2.45) is 5.10 Å². The maximum absolute atomic E-state index is 11.7. The molecule has 0 aliphatic carbocycles. The second kappa shape index (κ2) is 8.73. The van der Waals surface area contributed by atoms with E-state index in [1.165, 1.54) is 5.56 Å². The van der Waals surface area contributed by atoms with Gasteiger partial charge in [0.1, 0.15) is 5.75 Å². The number of ether oxygens (including phenoxy) is 1. The Morgan fingerprint density at radius 1 is 1.17 bits per heavy atom. The van der Waals surface area contributed by atoms with E-state index in [0.717, 1.165) is 12.0 Å². The molecule has 23 heavy (non-hydrogen) atoms. The normalized spacial score (nSPS) is 12.1. The fourth-order valence-corrected chi connectivity index (χ4v) is 2.03. The lowest BCUT2D eigenvalue weighted by atomic mass is 9.99. The summed E-state index contributed by atoms with van der Waals surface area (Å²) >= 11 is 0. The van der Waals surface area contributed by atoms with Gasteiger partial charge in [-0.2, -0.15) is 5.10 Å². The van der Waals surface area contributed by atoms with E-state index in [2.05, 4.69) is 24.4 Å². The van der Waals surface area contributed by atoms with Gasteiger partial charge in [0.05, 0.1) is 6.21 Å². The van der Waals surface area contributed by atoms with Gasteiger partial charge in [-0.25, -0.2) is 5.43 Å². The molecule has 1 atom stereocenters. The van der Waals surface area contributed by atoms with Crippen LogP contribution < -0.4 is 10.2 Å². The Hall–Kier alpha value is -2.62. The van der Waals surface area contributed by atoms with Crippen LogP contribution >= 0.6 is 0 Å². The first-order chi connectivity index (χ1) is 11.2. The van der Waals surface area contributed by atoms with Crippen molar-refractivity contribution in [2.75, 3.05) is 6.61 Å². The summed E-state index contributed by atoms with van der Waals surface area (Å²) in [4.78, 5) is 11.7. The molecule has 0 aliphatic heterocycles. The van der Waals surface area contributed by atoms with Gasteiger partial charge >= 0.3 is 0 Å². The summed E-state index contributed by atoms with van der Waals surface area (Å²) in [6.45, 7) is 4.29. The molecule has 2 aromatic rings. The highest BCUT2D eigenvalue weighted by atomic mass is 16.5. The second-order valence-corrected chi connectivity index (χ2v) is 5.37. The van der Waals surface area contributed by atoms with Gasteiger partial charge in [0.25, 0.3) is 5.91 Å². The van der Waals surface area contributed by atoms with E-state index in [1.807, 2.05) is 54.6 Å². The number of hydrazone groups is 1. The molecule has 4 heteroatoms. The van der Waals surface area contributed by atoms with E-state index in [4.69, 9.17) is 4.74 Å². The van der Waals surface area contributed by atoms with Crippen LogP contribution in [0.1, 0.15) is 37.3 Å². The Kier molecular flexibility index (Phi) is 6.36. The zero-order valence-corrected chi connectivity index (χ0v) is 13.5. The van der Waals surface area contributed by atoms with Crippen LogP contribution in [0.5, 0.6) is 5.75 Å². The number of carbonyl (C=O) groups excluding carboxylic acids is 1. The summed E-state index contributed by atoms with van der Waals surface area (Å²) in [5.74, 6) is 0.919. The second-order valence-electron chi connectivity index (χ2n) is 5.37. The predicted octanol–water partition coefficient (Wildman–Crippen LogP) is 3.73. The molecule has 1 N–H and O–H groups in total. The fourth-order valence-electron chi connectivity index (χ4n) is 2.03. The molecule has 0 saturated carbocycles. The van der Waals surface area contributed by atoms with Crippen molar-refractivity contribution in [2.45, 2.75) is 26.2 Å². The monoisotopic (exact) mass is 310 g/mol. The van der Waals surface area contributed by atoms with E-state index >= 15 is 0 Å². The highest BCUT2D eigenvalue weighted by molar-refractivity contribution is 5.82. The summed E-state index contributed by atoms with van der Waals surface area (Å²) in [6, 6.07) is 17.4. The van der Waals surface area contributed by atoms with Crippen molar-refractivity contribution < 1.29 is 9.53 Å². The highest BCUT2D eigenvalue weighted by Gasteiger charge is 2.04. The predicted molar refractivity (Wildman–Crippen MR) is 92.8 cm³/mol. The lowest BCUT2D eigenvalue weighted by Gasteiger charge is -2.10. The third kappa shape index (κ3) is 5.58. The highest BCUT2D eigenvalue weighted by Crippen LogP contribution is 2.21. The van der Waals surface area contributed by atoms with Crippen molar-refractivity contribution in [1.82, 2.24) is 5.43 Å². The van der Waals surface area contributed by atoms with Crippen LogP contribution in [-0.2, 0) is 4.79 Å². The van der Waals surface area contributed by atoms with Crippen LogP contribution in [0.3, 0.4) is 0 Å². The van der Waals surface area contributed by atoms with Gasteiger partial charge in [0, 0.05) is 0 Å². The molecule has 0 aromatic heterocycles. The molecule has 0 aliphatic rings. The molecule has 2 rings (SSSR count). The molecule has 1 amide bonds. The quantitative estimate of drug-likeness (QED) is 0.626. The van der Waals surface area contributed by atoms with E-state index < -0.39 is 0 Å². The van der Waals surface area contributed by atoms with Crippen molar-refractivity contribution in [3.05, 3.63) is 65.7 Å². The largest absolute Gasteiger partial charge is 0.484 e. The molecule has 2 aromatic carbocycles. The number of hydrogen-bond donors (Lipinski definition) is 1. The first-order valence-corrected chi connectivity index (χ1v) is 7.78. The molecule has 0 radical (unpaired) electrons. The van der Waals surface area contributed by atoms with Gasteiger partial charge in [-0.1, -0.05) is 56.3 Å². The smallest absolute Gasteiger partial charge is 0.277 e. The van der Waals surface area contributed by atoms with Crippen molar-refractivity contribution in [3.8, 4) is 5.75 Å². The standard InChI is InChI=1S/C19H22N2O2/c1-3-15(2)17-9-11-18(12-10-17)23-14-19(22)21-20-13-16-7-5-4-6-8-16/h4-13,15H,3,14H2,1-2H3,(H,21,22)/b20-13-/t15-/m0/s1. The van der Waals surface area contributed by atoms with Crippen molar-refractivity contribution in [1.29, 1.82) is 0 Å². The average molecular weight is 310 g/mol. The van der Waals surface area contributed by atoms with E-state index in [1.54, 1.807) is 6.21 Å². The molecule has 120 valence electrons. The molecule has 0 unspecified atom stereocenters. The van der Waals surface area contributed by atoms with Gasteiger partial charge in [-0.3, -0.25) is 4.79 Å². The van der Waals surface area contributed by atoms with Gasteiger partial charge in [0.2, 0.25) is 0 Å². The van der Waals surface area contributed by atoms with Gasteiger partial charge < -0.3 is 4.74 Å². The van der Waals surface area contributed by atoms with Crippen LogP contribution in [0.15, 0.2) is 59.7 Å². The minimum Gasteiger partial charge on any atom is -0.484 e. The molecule has 4 nitrogen and oxygen atoms in total. The average Bonchev–Trinajstić information content (AvgIpc) is 2.60. The van der Waals surface area contributed by atoms with Crippen LogP contribution in [-0.4, -0.2) is 18.7 Å². The Labute approximate surface area is 137 Å². The number of nitrogens with zero attached hydrogens (tertiary/aromatic N) is 1. The molecule has 0 bridgehead atoms. The summed E-state index contributed by atoms with van der Waals surface area (Å²) in [5, 5.41) is 3.90. The molecule has 0 heterocycles. The third-order valence-electron chi connectivity index (χ3n) is 3.63. The van der Waals surface area contributed by atoms with Crippen LogP contribution in [0.25, 0.3) is 0 Å². The number of carbonyl (C=O) groups is 1. The minimum absolute atomic E-state index is 0.0607. The first kappa shape index (κ1) is 16.7. The van der Waals surface area contributed by atoms with E-state index in [9.17, 15) is 4.79 Å². The summed E-state index contributed by atoms with van der Waals surface area (Å²) in [6.07, 6.45) is 2.70. The van der Waals surface area contributed by atoms with Crippen molar-refractivity contribution in [3.63, 3.8) is 0 Å². The Balaban J connectivity index is 1.77. The van der Waals surface area contributed by atoms with Gasteiger partial charge in [-0.15, -0.1) is 0 Å². The lowest BCUT2D eigenvalue weighted by Crippen LogP contribution is -2.24. The maximum atomic E-state index is 11.7. The van der Waals surface area contributed by atoms with Crippen molar-refractivity contribution >= 4 is 12.1 Å². The number of hydrogen-bond acceptors (Lipinski definition) is 3. The fraction of sp³-hybridized carbons (Fsp3) is 0.263. The zero-order valence-electron chi connectivity index (χ0n) is 13.5. The Morgan fingerprint density at radius 3 is 2.52 bits per heavy atom. The maximum Gasteiger partial charge on any atom is 0.277 e. The third-order valence-corrected chi connectivity index (χ3v) is 3.63. The zero-order chi connectivity index (χ0) is 16.5. The Morgan fingerprint density at radius 2 is 1.87 bits per heavy atom. The number of rotatable bonds is 7. The SMILES string of the molecule is CC[C@H](C)c1ccc(OCC(=O)N/N=C\c2ccccc2)cc1. The molecule has 0 spiro atoms. The number of nitrogens with one attached hydrogen (secondary N) is 1. The molecular weight excluding hydrogens is 288 g/mol. The topological polar surface area (TPSA) is 50.7 Å². The number of amides is 1.